The minimum absolute atomic E-state index is 0.833. The van der Waals surface area contributed by atoms with E-state index in [9.17, 15) is 0 Å². The molecule has 124 valence electrons. The van der Waals surface area contributed by atoms with Crippen molar-refractivity contribution in [1.29, 1.82) is 0 Å². The fourth-order valence-electron chi connectivity index (χ4n) is 2.80. The van der Waals surface area contributed by atoms with Crippen LogP contribution in [0.1, 0.15) is 20.2 Å². The Morgan fingerprint density at radius 2 is 2.22 bits per heavy atom. The van der Waals surface area contributed by atoms with Crippen molar-refractivity contribution in [1.82, 2.24) is 15.5 Å². The summed E-state index contributed by atoms with van der Waals surface area (Å²) in [6.07, 6.45) is 1.19. The molecular weight excluding hydrogens is 324 g/mol. The second-order valence-electron chi connectivity index (χ2n) is 5.76. The number of guanidine groups is 1. The Hall–Kier alpha value is -1.37. The molecule has 0 spiro atoms. The van der Waals surface area contributed by atoms with Gasteiger partial charge in [0.05, 0.1) is 6.54 Å². The second kappa shape index (κ2) is 7.95. The molecule has 0 bridgehead atoms. The van der Waals surface area contributed by atoms with Crippen LogP contribution in [0.5, 0.6) is 0 Å². The molecule has 3 heterocycles. The summed E-state index contributed by atoms with van der Waals surface area (Å²) in [4.78, 5) is 11.1. The van der Waals surface area contributed by atoms with Crippen LogP contribution in [0.2, 0.25) is 0 Å². The molecule has 0 atom stereocenters. The smallest absolute Gasteiger partial charge is 0.191 e. The van der Waals surface area contributed by atoms with Gasteiger partial charge in [0.1, 0.15) is 0 Å². The highest BCUT2D eigenvalue weighted by atomic mass is 32.1. The van der Waals surface area contributed by atoms with Gasteiger partial charge in [-0.15, -0.1) is 22.7 Å². The summed E-state index contributed by atoms with van der Waals surface area (Å²) >= 11 is 3.72. The van der Waals surface area contributed by atoms with Crippen LogP contribution < -0.4 is 10.6 Å². The Bertz CT molecular complexity index is 659. The number of aryl methyl sites for hydroxylation is 1. The molecule has 0 fully saturated rings. The quantitative estimate of drug-likeness (QED) is 0.645. The highest BCUT2D eigenvalue weighted by molar-refractivity contribution is 7.11. The first-order chi connectivity index (χ1) is 11.2. The summed E-state index contributed by atoms with van der Waals surface area (Å²) in [5, 5.41) is 9.01. The van der Waals surface area contributed by atoms with Crippen molar-refractivity contribution in [2.75, 3.05) is 26.7 Å². The summed E-state index contributed by atoms with van der Waals surface area (Å²) in [6, 6.07) is 6.60. The van der Waals surface area contributed by atoms with E-state index in [1.165, 1.54) is 21.7 Å². The van der Waals surface area contributed by atoms with Crippen molar-refractivity contribution in [3.8, 4) is 0 Å². The van der Waals surface area contributed by atoms with Crippen LogP contribution >= 0.6 is 22.7 Å². The zero-order chi connectivity index (χ0) is 16.1. The molecule has 2 aromatic heterocycles. The molecule has 23 heavy (non-hydrogen) atoms. The molecule has 0 unspecified atom stereocenters. The van der Waals surface area contributed by atoms with Gasteiger partial charge in [-0.1, -0.05) is 0 Å². The maximum absolute atomic E-state index is 4.30. The first kappa shape index (κ1) is 16.5. The third-order valence-corrected chi connectivity index (χ3v) is 6.08. The zero-order valence-corrected chi connectivity index (χ0v) is 15.4. The van der Waals surface area contributed by atoms with E-state index in [1.807, 2.05) is 29.7 Å². The molecule has 4 nitrogen and oxygen atoms in total. The first-order valence-corrected chi connectivity index (χ1v) is 9.71. The van der Waals surface area contributed by atoms with Gasteiger partial charge in [0.2, 0.25) is 0 Å². The topological polar surface area (TPSA) is 39.7 Å². The molecule has 0 saturated carbocycles. The van der Waals surface area contributed by atoms with Crippen LogP contribution in [-0.2, 0) is 19.5 Å². The van der Waals surface area contributed by atoms with E-state index in [-0.39, 0.29) is 0 Å². The van der Waals surface area contributed by atoms with E-state index in [0.29, 0.717) is 0 Å². The predicted molar refractivity (Wildman–Crippen MR) is 101 cm³/mol. The summed E-state index contributed by atoms with van der Waals surface area (Å²) < 4.78 is 0. The average molecular weight is 349 g/mol. The SMILES string of the molecule is CN=C(NCCN1CCc2sccc2C1)NCc1ccc(C)s1. The minimum atomic E-state index is 0.833. The number of hydrogen-bond acceptors (Lipinski definition) is 4. The number of aliphatic imine (C=N–C) groups is 1. The lowest BCUT2D eigenvalue weighted by atomic mass is 10.1. The fourth-order valence-corrected chi connectivity index (χ4v) is 4.52. The Labute approximate surface area is 146 Å². The Balaban J connectivity index is 1.39. The maximum Gasteiger partial charge on any atom is 0.191 e. The highest BCUT2D eigenvalue weighted by Gasteiger charge is 2.16. The molecule has 0 aromatic carbocycles. The normalized spacial score (nSPS) is 15.5. The number of hydrogen-bond donors (Lipinski definition) is 2. The van der Waals surface area contributed by atoms with Gasteiger partial charge in [0.15, 0.2) is 5.96 Å². The Kier molecular flexibility index (Phi) is 5.70. The van der Waals surface area contributed by atoms with E-state index >= 15 is 0 Å². The number of nitrogens with one attached hydrogen (secondary N) is 2. The van der Waals surface area contributed by atoms with Gasteiger partial charge in [-0.2, -0.15) is 0 Å². The second-order valence-corrected chi connectivity index (χ2v) is 8.13. The van der Waals surface area contributed by atoms with Gasteiger partial charge in [0.25, 0.3) is 0 Å². The highest BCUT2D eigenvalue weighted by Crippen LogP contribution is 2.23. The lowest BCUT2D eigenvalue weighted by Gasteiger charge is -2.27. The van der Waals surface area contributed by atoms with Gasteiger partial charge < -0.3 is 10.6 Å². The van der Waals surface area contributed by atoms with Crippen LogP contribution in [-0.4, -0.2) is 37.5 Å². The van der Waals surface area contributed by atoms with Crippen molar-refractivity contribution in [3.63, 3.8) is 0 Å². The van der Waals surface area contributed by atoms with Crippen LogP contribution in [0.3, 0.4) is 0 Å². The molecule has 1 aliphatic rings. The maximum atomic E-state index is 4.30. The summed E-state index contributed by atoms with van der Waals surface area (Å²) in [6.45, 7) is 7.19. The van der Waals surface area contributed by atoms with Crippen molar-refractivity contribution in [2.24, 2.45) is 4.99 Å². The van der Waals surface area contributed by atoms with Crippen LogP contribution in [0.25, 0.3) is 0 Å². The lowest BCUT2D eigenvalue weighted by Crippen LogP contribution is -2.42. The van der Waals surface area contributed by atoms with Gasteiger partial charge in [-0.05, 0) is 42.5 Å². The third kappa shape index (κ3) is 4.56. The number of fused-ring (bicyclic) bond motifs is 1. The van der Waals surface area contributed by atoms with E-state index in [0.717, 1.165) is 38.7 Å². The molecule has 2 aromatic rings. The average Bonchev–Trinajstić information content (AvgIpc) is 3.18. The molecule has 1 aliphatic heterocycles. The summed E-state index contributed by atoms with van der Waals surface area (Å²) in [7, 11) is 1.83. The molecule has 0 amide bonds. The van der Waals surface area contributed by atoms with Crippen LogP contribution in [0, 0.1) is 6.92 Å². The number of rotatable bonds is 5. The predicted octanol–water partition coefficient (Wildman–Crippen LogP) is 2.84. The number of nitrogens with zero attached hydrogens (tertiary/aromatic N) is 2. The minimum Gasteiger partial charge on any atom is -0.355 e. The molecular formula is C17H24N4S2. The van der Waals surface area contributed by atoms with Crippen molar-refractivity contribution in [3.05, 3.63) is 43.8 Å². The molecule has 0 radical (unpaired) electrons. The monoisotopic (exact) mass is 348 g/mol. The fraction of sp³-hybridized carbons (Fsp3) is 0.471. The van der Waals surface area contributed by atoms with Crippen LogP contribution in [0.15, 0.2) is 28.6 Å². The van der Waals surface area contributed by atoms with Gasteiger partial charge in [0, 0.05) is 47.9 Å². The molecule has 3 rings (SSSR count). The number of thiophene rings is 2. The summed E-state index contributed by atoms with van der Waals surface area (Å²) in [5.74, 6) is 0.879. The van der Waals surface area contributed by atoms with Gasteiger partial charge in [-0.25, -0.2) is 0 Å². The van der Waals surface area contributed by atoms with Gasteiger partial charge >= 0.3 is 0 Å². The van der Waals surface area contributed by atoms with E-state index in [4.69, 9.17) is 0 Å². The summed E-state index contributed by atoms with van der Waals surface area (Å²) in [5.41, 5.74) is 1.51. The Morgan fingerprint density at radius 1 is 1.30 bits per heavy atom. The Morgan fingerprint density at radius 3 is 3.00 bits per heavy atom. The molecule has 6 heteroatoms. The van der Waals surface area contributed by atoms with E-state index in [2.05, 4.69) is 51.0 Å². The van der Waals surface area contributed by atoms with Crippen molar-refractivity contribution < 1.29 is 0 Å². The van der Waals surface area contributed by atoms with Gasteiger partial charge in [-0.3, -0.25) is 9.89 Å². The van der Waals surface area contributed by atoms with E-state index in [1.54, 1.807) is 4.88 Å². The van der Waals surface area contributed by atoms with E-state index < -0.39 is 0 Å². The lowest BCUT2D eigenvalue weighted by molar-refractivity contribution is 0.260. The molecule has 0 saturated heterocycles. The molecule has 0 aliphatic carbocycles. The standard InChI is InChI=1S/C17H24N4S2/c1-13-3-4-15(23-13)11-20-17(18-2)19-7-9-21-8-5-16-14(12-21)6-10-22-16/h3-4,6,10H,5,7-9,11-12H2,1-2H3,(H2,18,19,20). The first-order valence-electron chi connectivity index (χ1n) is 8.02. The third-order valence-electron chi connectivity index (χ3n) is 4.06. The largest absolute Gasteiger partial charge is 0.355 e. The van der Waals surface area contributed by atoms with Crippen LogP contribution in [0.4, 0.5) is 0 Å². The molecule has 2 N–H and O–H groups in total. The zero-order valence-electron chi connectivity index (χ0n) is 13.8. The van der Waals surface area contributed by atoms with Crippen molar-refractivity contribution >= 4 is 28.6 Å². The van der Waals surface area contributed by atoms with Crippen molar-refractivity contribution in [2.45, 2.75) is 26.4 Å².